The molecule has 14 nitrogen and oxygen atoms in total. The van der Waals surface area contributed by atoms with Gasteiger partial charge in [-0.3, -0.25) is 24.0 Å². The number of carboxylic acids is 1. The Kier molecular flexibility index (Phi) is 14.8. The predicted octanol–water partition coefficient (Wildman–Crippen LogP) is 1.97. The summed E-state index contributed by atoms with van der Waals surface area (Å²) in [6.07, 6.45) is 2.81. The normalized spacial score (nSPS) is 13.4. The molecule has 0 aliphatic rings. The molecular weight excluding hydrogens is 640 g/mol. The molecule has 4 atom stereocenters. The zero-order chi connectivity index (χ0) is 35.1. The van der Waals surface area contributed by atoms with E-state index in [9.17, 15) is 33.9 Å². The van der Waals surface area contributed by atoms with Crippen molar-refractivity contribution in [2.45, 2.75) is 69.8 Å². The van der Waals surface area contributed by atoms with E-state index in [1.165, 1.54) is 11.8 Å². The number of aliphatic carboxylic acids is 1. The van der Waals surface area contributed by atoms with Gasteiger partial charge in [0.1, 0.15) is 30.8 Å². The van der Waals surface area contributed by atoms with Crippen LogP contribution in [0.2, 0.25) is 0 Å². The van der Waals surface area contributed by atoms with Gasteiger partial charge in [0, 0.05) is 23.5 Å². The molecule has 3 rings (SSSR count). The molecule has 0 spiro atoms. The Hall–Kier alpha value is -5.05. The Morgan fingerprint density at radius 2 is 1.46 bits per heavy atom. The zero-order valence-electron chi connectivity index (χ0n) is 26.8. The molecule has 0 radical (unpaired) electrons. The maximum absolute atomic E-state index is 13.8. The Morgan fingerprint density at radius 3 is 2.12 bits per heavy atom. The van der Waals surface area contributed by atoms with Gasteiger partial charge in [-0.25, -0.2) is 4.79 Å². The zero-order valence-corrected chi connectivity index (χ0v) is 27.6. The van der Waals surface area contributed by atoms with Gasteiger partial charge in [-0.2, -0.15) is 11.8 Å². The highest BCUT2D eigenvalue weighted by Crippen LogP contribution is 2.19. The van der Waals surface area contributed by atoms with Crippen LogP contribution in [0.1, 0.15) is 43.7 Å². The highest BCUT2D eigenvalue weighted by molar-refractivity contribution is 7.98. The average Bonchev–Trinajstić information content (AvgIpc) is 3.47. The number of nitrogens with one attached hydrogen (secondary N) is 5. The minimum Gasteiger partial charge on any atom is -0.481 e. The minimum absolute atomic E-state index is 0.0330. The molecule has 1 heterocycles. The standard InChI is InChI=1S/C33H42N6O8S/c1-3-9-24(29(34)42)36-32(45)27(17-28(40)41)38-30(43)25(14-15-48-2)37-31(44)26(16-21-18-35-23-13-8-7-12-22(21)23)39-33(46)47-19-20-10-5-4-6-11-20/h4-8,10-13,18,24-27,35H,3,9,14-17,19H2,1-2H3,(H2,34,42)(H,36,45)(H,37,44)(H,38,43)(H,39,46)(H,40,41)/t24?,25-,26-,27-/m0/s1. The lowest BCUT2D eigenvalue weighted by molar-refractivity contribution is -0.141. The van der Waals surface area contributed by atoms with Crippen molar-refractivity contribution in [1.82, 2.24) is 26.3 Å². The second kappa shape index (κ2) is 18.9. The lowest BCUT2D eigenvalue weighted by atomic mass is 10.0. The maximum atomic E-state index is 13.8. The van der Waals surface area contributed by atoms with Crippen LogP contribution < -0.4 is 27.0 Å². The first-order chi connectivity index (χ1) is 23.0. The monoisotopic (exact) mass is 682 g/mol. The number of benzene rings is 2. The number of rotatable bonds is 19. The van der Waals surface area contributed by atoms with Gasteiger partial charge in [-0.05, 0) is 42.0 Å². The number of ether oxygens (including phenoxy) is 1. The lowest BCUT2D eigenvalue weighted by Crippen LogP contribution is -2.58. The van der Waals surface area contributed by atoms with Crippen LogP contribution in [0.25, 0.3) is 10.9 Å². The van der Waals surface area contributed by atoms with Gasteiger partial charge in [-0.15, -0.1) is 0 Å². The number of alkyl carbamates (subject to hydrolysis) is 1. The van der Waals surface area contributed by atoms with Crippen molar-refractivity contribution in [2.75, 3.05) is 12.0 Å². The molecule has 0 aliphatic carbocycles. The molecule has 0 aliphatic heterocycles. The van der Waals surface area contributed by atoms with Crippen LogP contribution in [-0.4, -0.2) is 82.0 Å². The van der Waals surface area contributed by atoms with E-state index >= 15 is 0 Å². The molecule has 0 saturated carbocycles. The van der Waals surface area contributed by atoms with E-state index in [1.54, 1.807) is 43.6 Å². The largest absolute Gasteiger partial charge is 0.481 e. The molecule has 15 heteroatoms. The van der Waals surface area contributed by atoms with Crippen LogP contribution in [0.3, 0.4) is 0 Å². The van der Waals surface area contributed by atoms with E-state index in [-0.39, 0.29) is 25.9 Å². The molecule has 5 amide bonds. The summed E-state index contributed by atoms with van der Waals surface area (Å²) in [7, 11) is 0. The third-order valence-corrected chi connectivity index (χ3v) is 8.06. The number of thioether (sulfide) groups is 1. The summed E-state index contributed by atoms with van der Waals surface area (Å²) in [4.78, 5) is 79.7. The van der Waals surface area contributed by atoms with Crippen LogP contribution in [0.4, 0.5) is 4.79 Å². The van der Waals surface area contributed by atoms with E-state index in [4.69, 9.17) is 10.5 Å². The second-order valence-corrected chi connectivity index (χ2v) is 12.1. The number of aromatic nitrogens is 1. The molecular formula is C33H42N6O8S. The third-order valence-electron chi connectivity index (χ3n) is 7.41. The summed E-state index contributed by atoms with van der Waals surface area (Å²) in [6, 6.07) is 11.4. The molecule has 1 unspecified atom stereocenters. The molecule has 3 aromatic rings. The van der Waals surface area contributed by atoms with Crippen LogP contribution in [0.5, 0.6) is 0 Å². The lowest BCUT2D eigenvalue weighted by Gasteiger charge is -2.25. The van der Waals surface area contributed by atoms with Crippen molar-refractivity contribution < 1.29 is 38.6 Å². The number of hydrogen-bond acceptors (Lipinski definition) is 8. The first-order valence-electron chi connectivity index (χ1n) is 15.5. The summed E-state index contributed by atoms with van der Waals surface area (Å²) in [5.74, 6) is -4.17. The van der Waals surface area contributed by atoms with Crippen LogP contribution in [-0.2, 0) is 41.7 Å². The minimum atomic E-state index is -1.56. The number of fused-ring (bicyclic) bond motifs is 1. The van der Waals surface area contributed by atoms with Crippen molar-refractivity contribution >= 4 is 58.4 Å². The topological polar surface area (TPSA) is 222 Å². The summed E-state index contributed by atoms with van der Waals surface area (Å²) in [5, 5.41) is 20.4. The van der Waals surface area contributed by atoms with Crippen molar-refractivity contribution in [3.05, 3.63) is 71.9 Å². The number of carbonyl (C=O) groups excluding carboxylic acids is 5. The first kappa shape index (κ1) is 37.4. The van der Waals surface area contributed by atoms with Crippen LogP contribution in [0, 0.1) is 0 Å². The number of nitrogens with two attached hydrogens (primary N) is 1. The van der Waals surface area contributed by atoms with E-state index in [2.05, 4.69) is 26.3 Å². The van der Waals surface area contributed by atoms with Crippen molar-refractivity contribution in [3.63, 3.8) is 0 Å². The Bertz CT molecular complexity index is 1570. The van der Waals surface area contributed by atoms with Gasteiger partial charge >= 0.3 is 12.1 Å². The fraction of sp³-hybridized carbons (Fsp3) is 0.394. The molecule has 0 saturated heterocycles. The number of carbonyl (C=O) groups is 6. The number of para-hydroxylation sites is 1. The molecule has 2 aromatic carbocycles. The van der Waals surface area contributed by atoms with Crippen LogP contribution in [0.15, 0.2) is 60.8 Å². The third kappa shape index (κ3) is 11.6. The van der Waals surface area contributed by atoms with E-state index in [1.807, 2.05) is 30.3 Å². The quantitative estimate of drug-likeness (QED) is 0.0981. The van der Waals surface area contributed by atoms with E-state index in [0.29, 0.717) is 12.2 Å². The maximum Gasteiger partial charge on any atom is 0.408 e. The Morgan fingerprint density at radius 1 is 0.833 bits per heavy atom. The Balaban J connectivity index is 1.81. The van der Waals surface area contributed by atoms with Gasteiger partial charge in [-0.1, -0.05) is 61.9 Å². The van der Waals surface area contributed by atoms with Gasteiger partial charge in [0.25, 0.3) is 0 Å². The van der Waals surface area contributed by atoms with Gasteiger partial charge in [0.15, 0.2) is 0 Å². The number of primary amides is 1. The van der Waals surface area contributed by atoms with Gasteiger partial charge in [0.05, 0.1) is 6.42 Å². The van der Waals surface area contributed by atoms with E-state index in [0.717, 1.165) is 22.0 Å². The molecule has 0 fully saturated rings. The SMILES string of the molecule is CCCC(NC(=O)[C@H](CC(=O)O)NC(=O)[C@H](CCSC)NC(=O)[C@H](Cc1c[nH]c2ccccc12)NC(=O)OCc1ccccc1)C(N)=O. The van der Waals surface area contributed by atoms with Crippen molar-refractivity contribution in [3.8, 4) is 0 Å². The van der Waals surface area contributed by atoms with Crippen molar-refractivity contribution in [1.29, 1.82) is 0 Å². The summed E-state index contributed by atoms with van der Waals surface area (Å²) in [6.45, 7) is 1.75. The van der Waals surface area contributed by atoms with Crippen molar-refractivity contribution in [2.24, 2.45) is 5.73 Å². The number of hydrogen-bond donors (Lipinski definition) is 7. The molecule has 1 aromatic heterocycles. The molecule has 48 heavy (non-hydrogen) atoms. The highest BCUT2D eigenvalue weighted by Gasteiger charge is 2.32. The first-order valence-corrected chi connectivity index (χ1v) is 16.8. The number of amides is 5. The average molecular weight is 683 g/mol. The highest BCUT2D eigenvalue weighted by atomic mass is 32.2. The fourth-order valence-electron chi connectivity index (χ4n) is 4.92. The summed E-state index contributed by atoms with van der Waals surface area (Å²) < 4.78 is 5.36. The summed E-state index contributed by atoms with van der Waals surface area (Å²) >= 11 is 1.41. The Labute approximate surface area is 282 Å². The molecule has 0 bridgehead atoms. The smallest absolute Gasteiger partial charge is 0.408 e. The van der Waals surface area contributed by atoms with Gasteiger partial charge < -0.3 is 41.8 Å². The number of H-pyrrole nitrogens is 1. The molecule has 258 valence electrons. The predicted molar refractivity (Wildman–Crippen MR) is 181 cm³/mol. The molecule has 8 N–H and O–H groups in total. The second-order valence-electron chi connectivity index (χ2n) is 11.1. The van der Waals surface area contributed by atoms with Crippen LogP contribution >= 0.6 is 11.8 Å². The number of carboxylic acid groups (broad SMARTS) is 1. The van der Waals surface area contributed by atoms with Gasteiger partial charge in [0.2, 0.25) is 23.6 Å². The summed E-state index contributed by atoms with van der Waals surface area (Å²) in [5.41, 5.74) is 7.68. The number of aromatic amines is 1. The fourth-order valence-corrected chi connectivity index (χ4v) is 5.39. The van der Waals surface area contributed by atoms with E-state index < -0.39 is 66.3 Å².